The minimum atomic E-state index is -0.573. The first kappa shape index (κ1) is 24.9. The zero-order valence-electron chi connectivity index (χ0n) is 21.7. The largest absolute Gasteiger partial charge is 0.384 e. The molecular formula is C30H31FN4O2S. The van der Waals surface area contributed by atoms with E-state index in [9.17, 15) is 14.0 Å². The molecule has 4 N–H and O–H groups in total. The van der Waals surface area contributed by atoms with Crippen molar-refractivity contribution >= 4 is 29.3 Å². The molecule has 8 heteroatoms. The van der Waals surface area contributed by atoms with Crippen LogP contribution in [-0.2, 0) is 19.3 Å². The molecule has 5 heterocycles. The number of nitrogens with two attached hydrogens (primary N) is 1. The Balaban J connectivity index is 1.57. The number of carbonyl (C=O) groups excluding carboxylic acids is 2. The van der Waals surface area contributed by atoms with Gasteiger partial charge in [-0.15, -0.1) is 11.8 Å². The molecule has 1 fully saturated rings. The molecule has 2 bridgehead atoms. The Morgan fingerprint density at radius 3 is 2.68 bits per heavy atom. The maximum atomic E-state index is 13.9. The van der Waals surface area contributed by atoms with E-state index in [0.29, 0.717) is 40.9 Å². The summed E-state index contributed by atoms with van der Waals surface area (Å²) < 4.78 is 13.6. The van der Waals surface area contributed by atoms with Gasteiger partial charge in [-0.3, -0.25) is 14.6 Å². The number of nitrogens with zero attached hydrogens (tertiary/aromatic N) is 1. The van der Waals surface area contributed by atoms with E-state index in [-0.39, 0.29) is 33.7 Å². The predicted molar refractivity (Wildman–Crippen MR) is 149 cm³/mol. The third-order valence-electron chi connectivity index (χ3n) is 7.96. The number of fused-ring (bicyclic) bond motifs is 2. The Morgan fingerprint density at radius 2 is 1.97 bits per heavy atom. The number of hydrogen-bond donors (Lipinski definition) is 3. The second kappa shape index (κ2) is 9.12. The average molecular weight is 531 g/mol. The molecule has 6 nitrogen and oxygen atoms in total. The van der Waals surface area contributed by atoms with Gasteiger partial charge in [-0.1, -0.05) is 39.0 Å². The number of hydrogen-bond acceptors (Lipinski definition) is 5. The molecule has 2 unspecified atom stereocenters. The molecule has 1 saturated heterocycles. The minimum absolute atomic E-state index is 0.0748. The van der Waals surface area contributed by atoms with Crippen LogP contribution in [-0.4, -0.2) is 28.7 Å². The number of amides is 2. The molecule has 1 aromatic heterocycles. The summed E-state index contributed by atoms with van der Waals surface area (Å²) in [5.74, 6) is -0.841. The third kappa shape index (κ3) is 3.97. The lowest BCUT2D eigenvalue weighted by Gasteiger charge is -2.52. The normalized spacial score (nSPS) is 23.1. The monoisotopic (exact) mass is 530 g/mol. The SMILES string of the molecule is CC(C)Cc1nc2c(c(-c3ccc4c(c3)CCN4)c1C(N)=O)C(=O)NC1SC2[C@]1(C)Cc1ccc(F)cc1. The highest BCUT2D eigenvalue weighted by Gasteiger charge is 2.58. The summed E-state index contributed by atoms with van der Waals surface area (Å²) in [6, 6.07) is 12.6. The van der Waals surface area contributed by atoms with Crippen LogP contribution in [0.5, 0.6) is 0 Å². The van der Waals surface area contributed by atoms with E-state index < -0.39 is 5.91 Å². The summed E-state index contributed by atoms with van der Waals surface area (Å²) in [6.07, 6.45) is 2.11. The highest BCUT2D eigenvalue weighted by atomic mass is 32.2. The van der Waals surface area contributed by atoms with Gasteiger partial charge in [-0.2, -0.15) is 0 Å². The molecule has 2 aromatic carbocycles. The number of anilines is 1. The summed E-state index contributed by atoms with van der Waals surface area (Å²) in [5, 5.41) is 6.38. The van der Waals surface area contributed by atoms with E-state index in [1.54, 1.807) is 23.9 Å². The summed E-state index contributed by atoms with van der Waals surface area (Å²) in [5.41, 5.74) is 12.4. The Morgan fingerprint density at radius 1 is 1.21 bits per heavy atom. The van der Waals surface area contributed by atoms with Gasteiger partial charge in [0.25, 0.3) is 11.8 Å². The number of rotatable bonds is 6. The molecule has 38 heavy (non-hydrogen) atoms. The number of aromatic nitrogens is 1. The lowest BCUT2D eigenvalue weighted by atomic mass is 9.76. The Hall–Kier alpha value is -3.39. The van der Waals surface area contributed by atoms with Crippen molar-refractivity contribution < 1.29 is 14.0 Å². The van der Waals surface area contributed by atoms with Crippen LogP contribution < -0.4 is 16.4 Å². The van der Waals surface area contributed by atoms with Gasteiger partial charge in [0.15, 0.2) is 0 Å². The summed E-state index contributed by atoms with van der Waals surface area (Å²) >= 11 is 1.68. The van der Waals surface area contributed by atoms with Crippen LogP contribution in [0, 0.1) is 17.2 Å². The maximum absolute atomic E-state index is 13.9. The fourth-order valence-electron chi connectivity index (χ4n) is 6.13. The first-order valence-electron chi connectivity index (χ1n) is 13.1. The zero-order valence-corrected chi connectivity index (χ0v) is 22.5. The first-order chi connectivity index (χ1) is 18.2. The van der Waals surface area contributed by atoms with E-state index in [2.05, 4.69) is 37.5 Å². The molecular weight excluding hydrogens is 499 g/mol. The van der Waals surface area contributed by atoms with Gasteiger partial charge < -0.3 is 16.4 Å². The van der Waals surface area contributed by atoms with Crippen molar-refractivity contribution in [1.82, 2.24) is 10.3 Å². The number of primary amides is 1. The van der Waals surface area contributed by atoms with Gasteiger partial charge in [0.1, 0.15) is 5.82 Å². The summed E-state index contributed by atoms with van der Waals surface area (Å²) in [6.45, 7) is 7.18. The van der Waals surface area contributed by atoms with Crippen LogP contribution in [0.2, 0.25) is 0 Å². The second-order valence-electron chi connectivity index (χ2n) is 11.3. The predicted octanol–water partition coefficient (Wildman–Crippen LogP) is 5.26. The fourth-order valence-corrected chi connectivity index (χ4v) is 7.71. The Labute approximate surface area is 226 Å². The number of halogens is 1. The van der Waals surface area contributed by atoms with Crippen LogP contribution in [0.25, 0.3) is 11.1 Å². The Bertz CT molecular complexity index is 1470. The van der Waals surface area contributed by atoms with Gasteiger partial charge in [0.05, 0.1) is 33.1 Å². The lowest BCUT2D eigenvalue weighted by molar-refractivity contribution is 0.0926. The molecule has 2 amide bonds. The number of carbonyl (C=O) groups is 2. The maximum Gasteiger partial charge on any atom is 0.254 e. The third-order valence-corrected chi connectivity index (χ3v) is 9.92. The van der Waals surface area contributed by atoms with Crippen molar-refractivity contribution in [2.75, 3.05) is 11.9 Å². The van der Waals surface area contributed by atoms with Gasteiger partial charge >= 0.3 is 0 Å². The molecule has 196 valence electrons. The molecule has 7 rings (SSSR count). The highest BCUT2D eigenvalue weighted by molar-refractivity contribution is 8.01. The number of thioether (sulfide) groups is 1. The van der Waals surface area contributed by atoms with Crippen LogP contribution in [0.15, 0.2) is 42.5 Å². The Kier molecular flexibility index (Phi) is 5.98. The van der Waals surface area contributed by atoms with Gasteiger partial charge in [-0.05, 0) is 66.1 Å². The molecule has 0 radical (unpaired) electrons. The highest BCUT2D eigenvalue weighted by Crippen LogP contribution is 2.64. The lowest BCUT2D eigenvalue weighted by Crippen LogP contribution is -2.53. The van der Waals surface area contributed by atoms with Crippen molar-refractivity contribution in [1.29, 1.82) is 0 Å². The van der Waals surface area contributed by atoms with Crippen molar-refractivity contribution in [3.63, 3.8) is 0 Å². The smallest absolute Gasteiger partial charge is 0.254 e. The number of nitrogens with one attached hydrogen (secondary N) is 2. The summed E-state index contributed by atoms with van der Waals surface area (Å²) in [4.78, 5) is 31.9. The van der Waals surface area contributed by atoms with Crippen LogP contribution in [0.4, 0.5) is 10.1 Å². The fraction of sp³-hybridized carbons (Fsp3) is 0.367. The van der Waals surface area contributed by atoms with E-state index >= 15 is 0 Å². The molecule has 3 atom stereocenters. The molecule has 0 aliphatic carbocycles. The molecule has 0 spiro atoms. The van der Waals surface area contributed by atoms with E-state index in [1.807, 2.05) is 12.1 Å². The quantitative estimate of drug-likeness (QED) is 0.404. The van der Waals surface area contributed by atoms with Crippen LogP contribution in [0.3, 0.4) is 0 Å². The van der Waals surface area contributed by atoms with Crippen LogP contribution in [0.1, 0.15) is 69.3 Å². The van der Waals surface area contributed by atoms with Crippen molar-refractivity contribution in [2.24, 2.45) is 17.1 Å². The van der Waals surface area contributed by atoms with Gasteiger partial charge in [0.2, 0.25) is 0 Å². The van der Waals surface area contributed by atoms with Crippen molar-refractivity contribution in [2.45, 2.75) is 50.7 Å². The zero-order chi connectivity index (χ0) is 26.8. The van der Waals surface area contributed by atoms with Gasteiger partial charge in [0, 0.05) is 23.2 Å². The molecule has 3 aromatic rings. The van der Waals surface area contributed by atoms with Crippen LogP contribution >= 0.6 is 11.8 Å². The summed E-state index contributed by atoms with van der Waals surface area (Å²) in [7, 11) is 0. The second-order valence-corrected chi connectivity index (χ2v) is 12.5. The topological polar surface area (TPSA) is 97.1 Å². The molecule has 0 saturated carbocycles. The van der Waals surface area contributed by atoms with Crippen molar-refractivity contribution in [3.05, 3.63) is 81.9 Å². The standard InChI is InChI=1S/C30H31FN4O2S/c1-15(2)12-21-23(27(32)36)22(18-6-9-20-17(13-18)10-11-33-20)24-25(34-21)26-30(3,29(38-26)35-28(24)37)14-16-4-7-19(31)8-5-16/h4-9,13,15,26,29,33H,10-12,14H2,1-3H3,(H2,32,36)(H,35,37)/t26?,29?,30-/m0/s1. The minimum Gasteiger partial charge on any atom is -0.384 e. The average Bonchev–Trinajstić information content (AvgIpc) is 3.25. The van der Waals surface area contributed by atoms with E-state index in [1.165, 1.54) is 12.1 Å². The van der Waals surface area contributed by atoms with E-state index in [4.69, 9.17) is 10.7 Å². The van der Waals surface area contributed by atoms with Crippen molar-refractivity contribution in [3.8, 4) is 11.1 Å². The molecule has 4 aliphatic heterocycles. The number of benzene rings is 2. The first-order valence-corrected chi connectivity index (χ1v) is 14.0. The van der Waals surface area contributed by atoms with Gasteiger partial charge in [-0.25, -0.2) is 4.39 Å². The molecule has 4 aliphatic rings. The van der Waals surface area contributed by atoms with E-state index in [0.717, 1.165) is 35.3 Å². The number of pyridine rings is 1.